The Labute approximate surface area is 147 Å². The molecule has 0 atom stereocenters. The van der Waals surface area contributed by atoms with E-state index in [1.54, 1.807) is 20.2 Å². The van der Waals surface area contributed by atoms with Gasteiger partial charge in [0.05, 0.1) is 0 Å². The normalized spacial score (nSPS) is 14.6. The summed E-state index contributed by atoms with van der Waals surface area (Å²) in [5.41, 5.74) is -0.981. The van der Waals surface area contributed by atoms with Crippen LogP contribution in [-0.4, -0.2) is 38.8 Å². The van der Waals surface area contributed by atoms with Gasteiger partial charge < -0.3 is 9.47 Å². The molecule has 3 rings (SSSR count). The van der Waals surface area contributed by atoms with Crippen LogP contribution >= 0.6 is 11.8 Å². The van der Waals surface area contributed by atoms with E-state index in [0.717, 1.165) is 36.5 Å². The average molecular weight is 370 g/mol. The average Bonchev–Trinajstić information content (AvgIpc) is 3.31. The maximum absolute atomic E-state index is 13.1. The molecule has 1 aliphatic rings. The van der Waals surface area contributed by atoms with Crippen molar-refractivity contribution in [3.05, 3.63) is 30.2 Å². The molecule has 0 N–H and O–H groups in total. The van der Waals surface area contributed by atoms with Gasteiger partial charge in [-0.15, -0.1) is 16.8 Å². The second-order valence-corrected chi connectivity index (χ2v) is 6.84. The fourth-order valence-corrected chi connectivity index (χ4v) is 3.04. The fraction of sp³-hybridized carbons (Fsp3) is 0.467. The van der Waals surface area contributed by atoms with Crippen LogP contribution in [0, 0.1) is 0 Å². The minimum Gasteiger partial charge on any atom is -0.363 e. The van der Waals surface area contributed by atoms with Crippen LogP contribution < -0.4 is 4.90 Å². The number of hydrogen-bond acceptors (Lipinski definition) is 6. The summed E-state index contributed by atoms with van der Waals surface area (Å²) in [6, 6.07) is 0.925. The highest BCUT2D eigenvalue weighted by Crippen LogP contribution is 2.40. The minimum atomic E-state index is -4.54. The van der Waals surface area contributed by atoms with Crippen molar-refractivity contribution in [2.24, 2.45) is 0 Å². The van der Waals surface area contributed by atoms with Gasteiger partial charge in [0.25, 0.3) is 0 Å². The van der Waals surface area contributed by atoms with Crippen LogP contribution in [0.2, 0.25) is 0 Å². The molecule has 1 aliphatic carbocycles. The Bertz CT molecular complexity index is 782. The van der Waals surface area contributed by atoms with Crippen molar-refractivity contribution < 1.29 is 13.2 Å². The number of allylic oxidation sites excluding steroid dienone is 1. The molecule has 0 spiro atoms. The zero-order valence-corrected chi connectivity index (χ0v) is 14.6. The van der Waals surface area contributed by atoms with Gasteiger partial charge in [-0.25, -0.2) is 9.97 Å². The first-order valence-electron chi connectivity index (χ1n) is 7.65. The molecule has 0 saturated heterocycles. The predicted octanol–water partition coefficient (Wildman–Crippen LogP) is 3.37. The van der Waals surface area contributed by atoms with Crippen molar-refractivity contribution in [3.63, 3.8) is 0 Å². The first-order chi connectivity index (χ1) is 11.8. The molecular weight excluding hydrogens is 353 g/mol. The van der Waals surface area contributed by atoms with E-state index in [1.807, 2.05) is 4.57 Å². The molecule has 0 aromatic carbocycles. The van der Waals surface area contributed by atoms with E-state index in [0.29, 0.717) is 17.6 Å². The molecule has 25 heavy (non-hydrogen) atoms. The lowest BCUT2D eigenvalue weighted by Gasteiger charge is -2.15. The van der Waals surface area contributed by atoms with Gasteiger partial charge in [-0.05, 0) is 24.6 Å². The van der Waals surface area contributed by atoms with Gasteiger partial charge in [0.15, 0.2) is 16.0 Å². The highest BCUT2D eigenvalue weighted by molar-refractivity contribution is 7.99. The molecule has 2 aromatic heterocycles. The third-order valence-electron chi connectivity index (χ3n) is 3.62. The number of aromatic nitrogens is 5. The van der Waals surface area contributed by atoms with Crippen LogP contribution in [0.5, 0.6) is 0 Å². The lowest BCUT2D eigenvalue weighted by atomic mass is 10.4. The second kappa shape index (κ2) is 6.66. The standard InChI is InChI=1S/C15H17F3N6S/c1-4-7-24-12(9-5-6-9)21-22-14(24)25-13-19-10(15(16,17)18)8-11(20-13)23(2)3/h4,8-9H,1,5-7H2,2-3H3. The Balaban J connectivity index is 1.97. The second-order valence-electron chi connectivity index (χ2n) is 5.90. The monoisotopic (exact) mass is 370 g/mol. The molecule has 2 heterocycles. The van der Waals surface area contributed by atoms with Gasteiger partial charge >= 0.3 is 6.18 Å². The molecule has 0 aliphatic heterocycles. The zero-order chi connectivity index (χ0) is 18.2. The predicted molar refractivity (Wildman–Crippen MR) is 87.7 cm³/mol. The van der Waals surface area contributed by atoms with E-state index >= 15 is 0 Å². The smallest absolute Gasteiger partial charge is 0.363 e. The molecule has 0 amide bonds. The van der Waals surface area contributed by atoms with Gasteiger partial charge in [-0.2, -0.15) is 13.2 Å². The molecule has 0 radical (unpaired) electrons. The molecule has 0 unspecified atom stereocenters. The van der Waals surface area contributed by atoms with Crippen molar-refractivity contribution in [3.8, 4) is 0 Å². The number of halogens is 3. The van der Waals surface area contributed by atoms with Gasteiger partial charge in [-0.3, -0.25) is 0 Å². The SMILES string of the molecule is C=CCn1c(Sc2nc(N(C)C)cc(C(F)(F)F)n2)nnc1C1CC1. The summed E-state index contributed by atoms with van der Waals surface area (Å²) in [6.45, 7) is 4.20. The molecule has 1 fully saturated rings. The number of hydrogen-bond donors (Lipinski definition) is 0. The van der Waals surface area contributed by atoms with E-state index in [1.165, 1.54) is 4.90 Å². The molecular formula is C15H17F3N6S. The summed E-state index contributed by atoms with van der Waals surface area (Å²) in [5.74, 6) is 1.38. The first kappa shape index (κ1) is 17.7. The molecule has 2 aromatic rings. The Morgan fingerprint density at radius 2 is 2.04 bits per heavy atom. The highest BCUT2D eigenvalue weighted by atomic mass is 32.2. The van der Waals surface area contributed by atoms with Crippen LogP contribution in [0.15, 0.2) is 29.0 Å². The first-order valence-corrected chi connectivity index (χ1v) is 8.46. The van der Waals surface area contributed by atoms with Crippen molar-refractivity contribution in [2.75, 3.05) is 19.0 Å². The fourth-order valence-electron chi connectivity index (χ4n) is 2.23. The lowest BCUT2D eigenvalue weighted by Crippen LogP contribution is -2.16. The third-order valence-corrected chi connectivity index (χ3v) is 4.47. The molecule has 1 saturated carbocycles. The Morgan fingerprint density at radius 1 is 1.32 bits per heavy atom. The Kier molecular flexibility index (Phi) is 4.72. The number of alkyl halides is 3. The van der Waals surface area contributed by atoms with Crippen molar-refractivity contribution in [2.45, 2.75) is 41.8 Å². The molecule has 0 bridgehead atoms. The number of nitrogens with zero attached hydrogens (tertiary/aromatic N) is 6. The highest BCUT2D eigenvalue weighted by Gasteiger charge is 2.34. The zero-order valence-electron chi connectivity index (χ0n) is 13.8. The molecule has 10 heteroatoms. The van der Waals surface area contributed by atoms with Crippen molar-refractivity contribution >= 4 is 17.6 Å². The van der Waals surface area contributed by atoms with Crippen molar-refractivity contribution in [1.82, 2.24) is 24.7 Å². The summed E-state index contributed by atoms with van der Waals surface area (Å²) in [6.07, 6.45) is -0.746. The van der Waals surface area contributed by atoms with E-state index in [-0.39, 0.29) is 11.0 Å². The summed E-state index contributed by atoms with van der Waals surface area (Å²) < 4.78 is 41.2. The summed E-state index contributed by atoms with van der Waals surface area (Å²) in [4.78, 5) is 9.34. The Morgan fingerprint density at radius 3 is 2.60 bits per heavy atom. The quantitative estimate of drug-likeness (QED) is 0.574. The van der Waals surface area contributed by atoms with Crippen molar-refractivity contribution in [1.29, 1.82) is 0 Å². The lowest BCUT2D eigenvalue weighted by molar-refractivity contribution is -0.141. The van der Waals surface area contributed by atoms with Gasteiger partial charge in [0.1, 0.15) is 11.6 Å². The maximum Gasteiger partial charge on any atom is 0.433 e. The minimum absolute atomic E-state index is 0.0152. The van der Waals surface area contributed by atoms with E-state index in [2.05, 4.69) is 26.7 Å². The van der Waals surface area contributed by atoms with Gasteiger partial charge in [0, 0.05) is 32.6 Å². The van der Waals surface area contributed by atoms with Crippen LogP contribution in [0.3, 0.4) is 0 Å². The van der Waals surface area contributed by atoms with E-state index in [9.17, 15) is 13.2 Å². The van der Waals surface area contributed by atoms with E-state index in [4.69, 9.17) is 0 Å². The van der Waals surface area contributed by atoms with Gasteiger partial charge in [-0.1, -0.05) is 6.08 Å². The number of anilines is 1. The molecule has 134 valence electrons. The summed E-state index contributed by atoms with van der Waals surface area (Å²) >= 11 is 0.975. The van der Waals surface area contributed by atoms with Crippen LogP contribution in [-0.2, 0) is 12.7 Å². The maximum atomic E-state index is 13.1. The van der Waals surface area contributed by atoms with Gasteiger partial charge in [0.2, 0.25) is 0 Å². The topological polar surface area (TPSA) is 59.7 Å². The van der Waals surface area contributed by atoms with Crippen LogP contribution in [0.25, 0.3) is 0 Å². The van der Waals surface area contributed by atoms with Crippen LogP contribution in [0.4, 0.5) is 19.0 Å². The Hall–Kier alpha value is -2.10. The van der Waals surface area contributed by atoms with Crippen LogP contribution in [0.1, 0.15) is 30.3 Å². The number of rotatable bonds is 6. The summed E-state index contributed by atoms with van der Waals surface area (Å²) in [7, 11) is 3.25. The largest absolute Gasteiger partial charge is 0.433 e. The summed E-state index contributed by atoms with van der Waals surface area (Å²) in [5, 5.41) is 8.74. The van der Waals surface area contributed by atoms with E-state index < -0.39 is 11.9 Å². The third kappa shape index (κ3) is 3.94. The molecule has 6 nitrogen and oxygen atoms in total.